The Morgan fingerprint density at radius 1 is 1.12 bits per heavy atom. The van der Waals surface area contributed by atoms with Gasteiger partial charge < -0.3 is 4.90 Å². The highest BCUT2D eigenvalue weighted by atomic mass is 19.1. The van der Waals surface area contributed by atoms with Gasteiger partial charge in [-0.15, -0.1) is 0 Å². The second-order valence-electron chi connectivity index (χ2n) is 7.49. The number of anilines is 1. The standard InChI is InChI=1S/C22H24FNO/c1-16-9-10-17-15-19(23)11-12-20(17)24(16)21(25)22(13-5-6-14-22)18-7-3-2-4-8-18/h2-4,7-8,11-12,15-16H,5-6,9-10,13-14H2,1H3. The van der Waals surface area contributed by atoms with E-state index in [1.54, 1.807) is 12.1 Å². The van der Waals surface area contributed by atoms with Crippen LogP contribution in [0.3, 0.4) is 0 Å². The Balaban J connectivity index is 1.79. The molecule has 0 bridgehead atoms. The lowest BCUT2D eigenvalue weighted by atomic mass is 9.76. The van der Waals surface area contributed by atoms with Crippen molar-refractivity contribution in [2.45, 2.75) is 56.9 Å². The molecule has 130 valence electrons. The first kappa shape index (κ1) is 16.3. The predicted octanol–water partition coefficient (Wildman–Crippen LogP) is 5.01. The number of carbonyl (C=O) groups excluding carboxylic acids is 1. The molecule has 1 aliphatic carbocycles. The molecule has 0 saturated heterocycles. The van der Waals surface area contributed by atoms with Gasteiger partial charge in [0.15, 0.2) is 0 Å². The Morgan fingerprint density at radius 2 is 1.84 bits per heavy atom. The molecule has 3 heteroatoms. The fourth-order valence-electron chi connectivity index (χ4n) is 4.62. The molecule has 2 aromatic carbocycles. The maximum atomic E-state index is 13.8. The van der Waals surface area contributed by atoms with Gasteiger partial charge in [0.1, 0.15) is 5.82 Å². The van der Waals surface area contributed by atoms with Crippen molar-refractivity contribution < 1.29 is 9.18 Å². The van der Waals surface area contributed by atoms with Gasteiger partial charge in [-0.25, -0.2) is 4.39 Å². The average molecular weight is 337 g/mol. The zero-order valence-corrected chi connectivity index (χ0v) is 14.7. The number of benzene rings is 2. The summed E-state index contributed by atoms with van der Waals surface area (Å²) in [5, 5.41) is 0. The summed E-state index contributed by atoms with van der Waals surface area (Å²) in [7, 11) is 0. The lowest BCUT2D eigenvalue weighted by molar-refractivity contribution is -0.124. The van der Waals surface area contributed by atoms with Crippen molar-refractivity contribution in [2.24, 2.45) is 0 Å². The first-order valence-corrected chi connectivity index (χ1v) is 9.29. The number of fused-ring (bicyclic) bond motifs is 1. The van der Waals surface area contributed by atoms with Crippen LogP contribution in [-0.4, -0.2) is 11.9 Å². The van der Waals surface area contributed by atoms with E-state index in [0.29, 0.717) is 0 Å². The van der Waals surface area contributed by atoms with Crippen molar-refractivity contribution in [2.75, 3.05) is 4.90 Å². The number of hydrogen-bond donors (Lipinski definition) is 0. The van der Waals surface area contributed by atoms with Gasteiger partial charge >= 0.3 is 0 Å². The minimum absolute atomic E-state index is 0.145. The van der Waals surface area contributed by atoms with Crippen LogP contribution in [0.5, 0.6) is 0 Å². The fourth-order valence-corrected chi connectivity index (χ4v) is 4.62. The third-order valence-electron chi connectivity index (χ3n) is 5.98. The Kier molecular flexibility index (Phi) is 4.10. The Hall–Kier alpha value is -2.16. The summed E-state index contributed by atoms with van der Waals surface area (Å²) in [6.45, 7) is 2.11. The SMILES string of the molecule is CC1CCc2cc(F)ccc2N1C(=O)C1(c2ccccc2)CCCC1. The number of rotatable bonds is 2. The van der Waals surface area contributed by atoms with Crippen molar-refractivity contribution in [3.63, 3.8) is 0 Å². The quantitative estimate of drug-likeness (QED) is 0.755. The number of nitrogens with zero attached hydrogens (tertiary/aromatic N) is 1. The van der Waals surface area contributed by atoms with E-state index >= 15 is 0 Å². The molecule has 1 heterocycles. The van der Waals surface area contributed by atoms with E-state index < -0.39 is 5.41 Å². The zero-order chi connectivity index (χ0) is 17.4. The van der Waals surface area contributed by atoms with E-state index in [1.807, 2.05) is 23.1 Å². The van der Waals surface area contributed by atoms with E-state index in [0.717, 1.165) is 55.3 Å². The van der Waals surface area contributed by atoms with Crippen LogP contribution >= 0.6 is 0 Å². The lowest BCUT2D eigenvalue weighted by Gasteiger charge is -2.41. The Bertz CT molecular complexity index is 780. The van der Waals surface area contributed by atoms with Crippen LogP contribution in [-0.2, 0) is 16.6 Å². The highest BCUT2D eigenvalue weighted by molar-refractivity contribution is 6.02. The molecule has 25 heavy (non-hydrogen) atoms. The highest BCUT2D eigenvalue weighted by Crippen LogP contribution is 2.45. The van der Waals surface area contributed by atoms with Crippen LogP contribution in [0.4, 0.5) is 10.1 Å². The molecule has 0 radical (unpaired) electrons. The van der Waals surface area contributed by atoms with Crippen LogP contribution in [0, 0.1) is 5.82 Å². The maximum Gasteiger partial charge on any atom is 0.237 e. The van der Waals surface area contributed by atoms with Crippen LogP contribution in [0.25, 0.3) is 0 Å². The van der Waals surface area contributed by atoms with Crippen molar-refractivity contribution in [1.29, 1.82) is 0 Å². The summed E-state index contributed by atoms with van der Waals surface area (Å²) in [6.07, 6.45) is 5.67. The first-order chi connectivity index (χ1) is 12.1. The van der Waals surface area contributed by atoms with Gasteiger partial charge in [0.05, 0.1) is 5.41 Å². The number of halogens is 1. The summed E-state index contributed by atoms with van der Waals surface area (Å²) in [5.74, 6) is -0.0319. The van der Waals surface area contributed by atoms with Crippen LogP contribution in [0.2, 0.25) is 0 Å². The lowest BCUT2D eigenvalue weighted by Crippen LogP contribution is -2.51. The molecule has 1 saturated carbocycles. The van der Waals surface area contributed by atoms with Crippen molar-refractivity contribution in [3.8, 4) is 0 Å². The molecule has 1 aliphatic heterocycles. The summed E-state index contributed by atoms with van der Waals surface area (Å²) in [4.78, 5) is 15.8. The van der Waals surface area contributed by atoms with Crippen molar-refractivity contribution >= 4 is 11.6 Å². The fraction of sp³-hybridized carbons (Fsp3) is 0.409. The third-order valence-corrected chi connectivity index (χ3v) is 5.98. The van der Waals surface area contributed by atoms with Gasteiger partial charge in [-0.2, -0.15) is 0 Å². The molecule has 2 aromatic rings. The van der Waals surface area contributed by atoms with E-state index in [-0.39, 0.29) is 17.8 Å². The second-order valence-corrected chi connectivity index (χ2v) is 7.49. The van der Waals surface area contributed by atoms with E-state index in [9.17, 15) is 9.18 Å². The number of amides is 1. The van der Waals surface area contributed by atoms with Gasteiger partial charge in [0, 0.05) is 11.7 Å². The molecule has 2 nitrogen and oxygen atoms in total. The van der Waals surface area contributed by atoms with Gasteiger partial charge in [0.25, 0.3) is 0 Å². The molecule has 1 amide bonds. The largest absolute Gasteiger partial charge is 0.309 e. The zero-order valence-electron chi connectivity index (χ0n) is 14.7. The second kappa shape index (κ2) is 6.29. The van der Waals surface area contributed by atoms with E-state index in [4.69, 9.17) is 0 Å². The molecule has 2 aliphatic rings. The topological polar surface area (TPSA) is 20.3 Å². The molecule has 0 N–H and O–H groups in total. The average Bonchev–Trinajstić information content (AvgIpc) is 3.13. The number of carbonyl (C=O) groups is 1. The van der Waals surface area contributed by atoms with Gasteiger partial charge in [-0.05, 0) is 61.9 Å². The molecule has 0 aromatic heterocycles. The van der Waals surface area contributed by atoms with E-state index in [1.165, 1.54) is 6.07 Å². The number of hydrogen-bond acceptors (Lipinski definition) is 1. The van der Waals surface area contributed by atoms with Gasteiger partial charge in [0.2, 0.25) is 5.91 Å². The summed E-state index contributed by atoms with van der Waals surface area (Å²) in [5.41, 5.74) is 2.54. The summed E-state index contributed by atoms with van der Waals surface area (Å²) < 4.78 is 13.7. The Labute approximate surface area is 148 Å². The molecular weight excluding hydrogens is 313 g/mol. The van der Waals surface area contributed by atoms with Gasteiger partial charge in [-0.3, -0.25) is 4.79 Å². The normalized spacial score (nSPS) is 21.8. The number of aryl methyl sites for hydroxylation is 1. The van der Waals surface area contributed by atoms with Crippen molar-refractivity contribution in [3.05, 3.63) is 65.5 Å². The Morgan fingerprint density at radius 3 is 2.56 bits per heavy atom. The minimum Gasteiger partial charge on any atom is -0.309 e. The van der Waals surface area contributed by atoms with E-state index in [2.05, 4.69) is 19.1 Å². The molecule has 1 fully saturated rings. The summed E-state index contributed by atoms with van der Waals surface area (Å²) >= 11 is 0. The van der Waals surface area contributed by atoms with Crippen LogP contribution in [0.15, 0.2) is 48.5 Å². The monoisotopic (exact) mass is 337 g/mol. The molecule has 1 unspecified atom stereocenters. The predicted molar refractivity (Wildman–Crippen MR) is 98.3 cm³/mol. The van der Waals surface area contributed by atoms with Crippen LogP contribution < -0.4 is 4.90 Å². The first-order valence-electron chi connectivity index (χ1n) is 9.29. The smallest absolute Gasteiger partial charge is 0.237 e. The maximum absolute atomic E-state index is 13.8. The minimum atomic E-state index is -0.432. The van der Waals surface area contributed by atoms with Crippen molar-refractivity contribution in [1.82, 2.24) is 0 Å². The van der Waals surface area contributed by atoms with Crippen LogP contribution in [0.1, 0.15) is 50.2 Å². The molecule has 4 rings (SSSR count). The third kappa shape index (κ3) is 2.66. The highest BCUT2D eigenvalue weighted by Gasteiger charge is 2.47. The van der Waals surface area contributed by atoms with Gasteiger partial charge in [-0.1, -0.05) is 43.2 Å². The molecule has 0 spiro atoms. The molecular formula is C22H24FNO. The molecule has 1 atom stereocenters. The summed E-state index contributed by atoms with van der Waals surface area (Å²) in [6, 6.07) is 15.2.